The molecule has 0 spiro atoms. The number of ether oxygens (including phenoxy) is 1. The van der Waals surface area contributed by atoms with Crippen LogP contribution < -0.4 is 4.74 Å². The quantitative estimate of drug-likeness (QED) is 0.341. The lowest BCUT2D eigenvalue weighted by Crippen LogP contribution is -2.28. The van der Waals surface area contributed by atoms with E-state index in [1.165, 1.54) is 44.5 Å². The van der Waals surface area contributed by atoms with Gasteiger partial charge in [0.25, 0.3) is 0 Å². The van der Waals surface area contributed by atoms with Gasteiger partial charge in [0.15, 0.2) is 0 Å². The molecule has 142 valence electrons. The summed E-state index contributed by atoms with van der Waals surface area (Å²) in [5, 5.41) is 0. The monoisotopic (exact) mass is 376 g/mol. The summed E-state index contributed by atoms with van der Waals surface area (Å²) in [5.41, 5.74) is 10.1. The van der Waals surface area contributed by atoms with Gasteiger partial charge in [-0.2, -0.15) is 0 Å². The standard InChI is InChI=1S/C28H24O/c1-19-8-11-21(12-9-19)28(22-13-15-23(29-3)16-14-22)26-7-5-4-6-24(26)25-17-10-20(2)18-27(25)28/h4-18H,1-3H3. The molecule has 1 unspecified atom stereocenters. The van der Waals surface area contributed by atoms with Gasteiger partial charge in [-0.3, -0.25) is 0 Å². The maximum Gasteiger partial charge on any atom is 0.118 e. The van der Waals surface area contributed by atoms with Gasteiger partial charge < -0.3 is 4.74 Å². The fraction of sp³-hybridized carbons (Fsp3) is 0.143. The highest BCUT2D eigenvalue weighted by atomic mass is 16.5. The van der Waals surface area contributed by atoms with Crippen molar-refractivity contribution in [3.63, 3.8) is 0 Å². The minimum atomic E-state index is -0.335. The molecule has 1 aliphatic rings. The van der Waals surface area contributed by atoms with Crippen LogP contribution in [0.4, 0.5) is 0 Å². The maximum absolute atomic E-state index is 5.44. The zero-order valence-corrected chi connectivity index (χ0v) is 17.1. The lowest BCUT2D eigenvalue weighted by atomic mass is 9.67. The first kappa shape index (κ1) is 17.8. The molecule has 0 radical (unpaired) electrons. The van der Waals surface area contributed by atoms with Crippen molar-refractivity contribution in [1.29, 1.82) is 0 Å². The van der Waals surface area contributed by atoms with E-state index >= 15 is 0 Å². The average Bonchev–Trinajstić information content (AvgIpc) is 3.05. The lowest BCUT2D eigenvalue weighted by molar-refractivity contribution is 0.414. The summed E-state index contributed by atoms with van der Waals surface area (Å²) in [4.78, 5) is 0. The van der Waals surface area contributed by atoms with E-state index in [0.29, 0.717) is 0 Å². The molecule has 0 saturated carbocycles. The van der Waals surface area contributed by atoms with Crippen molar-refractivity contribution in [2.45, 2.75) is 19.3 Å². The minimum absolute atomic E-state index is 0.335. The van der Waals surface area contributed by atoms with E-state index in [1.54, 1.807) is 7.11 Å². The van der Waals surface area contributed by atoms with E-state index < -0.39 is 0 Å². The highest BCUT2D eigenvalue weighted by Gasteiger charge is 2.45. The van der Waals surface area contributed by atoms with Gasteiger partial charge in [0, 0.05) is 0 Å². The first-order valence-electron chi connectivity index (χ1n) is 10.1. The third kappa shape index (κ3) is 2.54. The summed E-state index contributed by atoms with van der Waals surface area (Å²) in [6, 6.07) is 33.3. The normalized spacial score (nSPS) is 16.9. The first-order chi connectivity index (χ1) is 14.1. The Morgan fingerprint density at radius 3 is 1.86 bits per heavy atom. The van der Waals surface area contributed by atoms with E-state index in [2.05, 4.69) is 105 Å². The summed E-state index contributed by atoms with van der Waals surface area (Å²) in [6.07, 6.45) is 0. The molecule has 1 atom stereocenters. The highest BCUT2D eigenvalue weighted by Crippen LogP contribution is 2.56. The van der Waals surface area contributed by atoms with Crippen LogP contribution in [0.2, 0.25) is 0 Å². The zero-order chi connectivity index (χ0) is 20.0. The van der Waals surface area contributed by atoms with Crippen LogP contribution in [0.15, 0.2) is 91.0 Å². The van der Waals surface area contributed by atoms with Gasteiger partial charge in [-0.05, 0) is 59.4 Å². The van der Waals surface area contributed by atoms with Crippen molar-refractivity contribution in [3.8, 4) is 16.9 Å². The number of aryl methyl sites for hydroxylation is 2. The smallest absolute Gasteiger partial charge is 0.118 e. The number of methoxy groups -OCH3 is 1. The Balaban J connectivity index is 1.92. The van der Waals surface area contributed by atoms with Crippen LogP contribution in [0.3, 0.4) is 0 Å². The van der Waals surface area contributed by atoms with Crippen LogP contribution in [0.5, 0.6) is 5.75 Å². The van der Waals surface area contributed by atoms with Crippen molar-refractivity contribution in [3.05, 3.63) is 124 Å². The summed E-state index contributed by atoms with van der Waals surface area (Å²) in [5.74, 6) is 0.878. The second kappa shape index (κ2) is 6.63. The zero-order valence-electron chi connectivity index (χ0n) is 17.1. The highest BCUT2D eigenvalue weighted by molar-refractivity contribution is 5.86. The minimum Gasteiger partial charge on any atom is -0.497 e. The topological polar surface area (TPSA) is 9.23 Å². The molecule has 0 heterocycles. The molecule has 0 amide bonds. The van der Waals surface area contributed by atoms with E-state index in [1.807, 2.05) is 0 Å². The van der Waals surface area contributed by atoms with Crippen molar-refractivity contribution in [1.82, 2.24) is 0 Å². The maximum atomic E-state index is 5.44. The number of benzene rings is 4. The van der Waals surface area contributed by atoms with Crippen LogP contribution in [-0.4, -0.2) is 7.11 Å². The van der Waals surface area contributed by atoms with E-state index in [-0.39, 0.29) is 5.41 Å². The van der Waals surface area contributed by atoms with Crippen LogP contribution >= 0.6 is 0 Å². The molecule has 5 rings (SSSR count). The molecule has 1 aliphatic carbocycles. The molecule has 4 aromatic rings. The third-order valence-electron chi connectivity index (χ3n) is 6.21. The van der Waals surface area contributed by atoms with Gasteiger partial charge >= 0.3 is 0 Å². The molecule has 0 fully saturated rings. The Hall–Kier alpha value is -3.32. The molecular formula is C28H24O. The van der Waals surface area contributed by atoms with Crippen molar-refractivity contribution < 1.29 is 4.74 Å². The van der Waals surface area contributed by atoms with Gasteiger partial charge in [0.1, 0.15) is 5.75 Å². The number of rotatable bonds is 3. The van der Waals surface area contributed by atoms with E-state index in [9.17, 15) is 0 Å². The van der Waals surface area contributed by atoms with E-state index in [4.69, 9.17) is 4.74 Å². The first-order valence-corrected chi connectivity index (χ1v) is 10.1. The van der Waals surface area contributed by atoms with Gasteiger partial charge in [0.2, 0.25) is 0 Å². The van der Waals surface area contributed by atoms with Crippen LogP contribution in [0, 0.1) is 13.8 Å². The van der Waals surface area contributed by atoms with Gasteiger partial charge in [-0.1, -0.05) is 90.0 Å². The van der Waals surface area contributed by atoms with Crippen LogP contribution in [0.1, 0.15) is 33.4 Å². The van der Waals surface area contributed by atoms with Crippen molar-refractivity contribution in [2.75, 3.05) is 7.11 Å². The number of hydrogen-bond acceptors (Lipinski definition) is 1. The molecule has 0 aliphatic heterocycles. The van der Waals surface area contributed by atoms with Gasteiger partial charge in [-0.25, -0.2) is 0 Å². The van der Waals surface area contributed by atoms with Gasteiger partial charge in [-0.15, -0.1) is 0 Å². The largest absolute Gasteiger partial charge is 0.497 e. The molecule has 0 N–H and O–H groups in total. The second-order valence-electron chi connectivity index (χ2n) is 7.94. The molecule has 0 aromatic heterocycles. The second-order valence-corrected chi connectivity index (χ2v) is 7.94. The molecule has 4 aromatic carbocycles. The third-order valence-corrected chi connectivity index (χ3v) is 6.21. The van der Waals surface area contributed by atoms with Crippen LogP contribution in [-0.2, 0) is 5.41 Å². The Morgan fingerprint density at radius 2 is 1.17 bits per heavy atom. The number of fused-ring (bicyclic) bond motifs is 3. The molecule has 29 heavy (non-hydrogen) atoms. The lowest BCUT2D eigenvalue weighted by Gasteiger charge is -2.34. The Bertz CT molecular complexity index is 1190. The molecule has 1 heteroatoms. The fourth-order valence-electron chi connectivity index (χ4n) is 4.83. The molecule has 0 bridgehead atoms. The van der Waals surface area contributed by atoms with E-state index in [0.717, 1.165) is 5.75 Å². The van der Waals surface area contributed by atoms with Crippen LogP contribution in [0.25, 0.3) is 11.1 Å². The van der Waals surface area contributed by atoms with Crippen molar-refractivity contribution in [2.24, 2.45) is 0 Å². The average molecular weight is 376 g/mol. The predicted octanol–water partition coefficient (Wildman–Crippen LogP) is 6.68. The summed E-state index contributed by atoms with van der Waals surface area (Å²) >= 11 is 0. The Kier molecular flexibility index (Phi) is 4.06. The molecule has 1 nitrogen and oxygen atoms in total. The summed E-state index contributed by atoms with van der Waals surface area (Å²) in [7, 11) is 1.72. The summed E-state index contributed by atoms with van der Waals surface area (Å²) < 4.78 is 5.44. The molecular weight excluding hydrogens is 352 g/mol. The van der Waals surface area contributed by atoms with Crippen molar-refractivity contribution >= 4 is 0 Å². The van der Waals surface area contributed by atoms with Gasteiger partial charge in [0.05, 0.1) is 12.5 Å². The predicted molar refractivity (Wildman–Crippen MR) is 120 cm³/mol. The Morgan fingerprint density at radius 1 is 0.586 bits per heavy atom. The Labute approximate surface area is 172 Å². The summed E-state index contributed by atoms with van der Waals surface area (Å²) in [6.45, 7) is 4.32. The fourth-order valence-corrected chi connectivity index (χ4v) is 4.83. The SMILES string of the molecule is COc1ccc(C2(c3ccc(C)cc3)c3ccccc3-c3ccc(C)cc32)cc1. The number of hydrogen-bond donors (Lipinski definition) is 0. The molecule has 0 saturated heterocycles.